The Morgan fingerprint density at radius 3 is 3.09 bits per heavy atom. The number of nitrogens with zero attached hydrogens (tertiary/aromatic N) is 1. The van der Waals surface area contributed by atoms with Gasteiger partial charge in [-0.2, -0.15) is 0 Å². The van der Waals surface area contributed by atoms with Crippen molar-refractivity contribution in [1.82, 2.24) is 4.98 Å². The standard InChI is InChI=1S/C8H6BrNS/c1-5-8-6(2-3-10-5)4-7(9)11-8/h2-4H,1H3. The number of rotatable bonds is 0. The van der Waals surface area contributed by atoms with Crippen LogP contribution in [0.3, 0.4) is 0 Å². The fourth-order valence-electron chi connectivity index (χ4n) is 1.07. The summed E-state index contributed by atoms with van der Waals surface area (Å²) in [5.41, 5.74) is 1.11. The van der Waals surface area contributed by atoms with Gasteiger partial charge in [0.2, 0.25) is 0 Å². The first-order valence-corrected chi connectivity index (χ1v) is 4.89. The SMILES string of the molecule is Cc1nccc2cc(Br)sc12. The number of hydrogen-bond donors (Lipinski definition) is 0. The molecule has 0 unspecified atom stereocenters. The molecule has 0 aliphatic carbocycles. The van der Waals surface area contributed by atoms with Crippen LogP contribution in [0.25, 0.3) is 10.1 Å². The number of hydrogen-bond acceptors (Lipinski definition) is 2. The number of fused-ring (bicyclic) bond motifs is 1. The van der Waals surface area contributed by atoms with Gasteiger partial charge in [0.25, 0.3) is 0 Å². The average molecular weight is 228 g/mol. The van der Waals surface area contributed by atoms with E-state index in [-0.39, 0.29) is 0 Å². The maximum atomic E-state index is 4.21. The lowest BCUT2D eigenvalue weighted by atomic mass is 10.3. The van der Waals surface area contributed by atoms with Gasteiger partial charge in [-0.15, -0.1) is 11.3 Å². The molecule has 2 heterocycles. The number of aromatic nitrogens is 1. The zero-order chi connectivity index (χ0) is 7.84. The maximum absolute atomic E-state index is 4.21. The molecule has 0 N–H and O–H groups in total. The van der Waals surface area contributed by atoms with E-state index in [9.17, 15) is 0 Å². The molecule has 1 nitrogen and oxygen atoms in total. The Morgan fingerprint density at radius 1 is 1.55 bits per heavy atom. The summed E-state index contributed by atoms with van der Waals surface area (Å²) in [6.45, 7) is 2.03. The van der Waals surface area contributed by atoms with Crippen LogP contribution in [-0.2, 0) is 0 Å². The third-order valence-electron chi connectivity index (χ3n) is 1.58. The molecule has 0 aliphatic heterocycles. The number of thiophene rings is 1. The molecule has 0 spiro atoms. The highest BCUT2D eigenvalue weighted by Gasteiger charge is 2.00. The van der Waals surface area contributed by atoms with E-state index >= 15 is 0 Å². The van der Waals surface area contributed by atoms with Crippen molar-refractivity contribution in [2.75, 3.05) is 0 Å². The first-order chi connectivity index (χ1) is 5.27. The molecule has 3 heteroatoms. The smallest absolute Gasteiger partial charge is 0.0711 e. The molecule has 11 heavy (non-hydrogen) atoms. The number of aryl methyl sites for hydroxylation is 1. The number of pyridine rings is 1. The summed E-state index contributed by atoms with van der Waals surface area (Å²) in [7, 11) is 0. The van der Waals surface area contributed by atoms with Gasteiger partial charge >= 0.3 is 0 Å². The van der Waals surface area contributed by atoms with Crippen molar-refractivity contribution in [1.29, 1.82) is 0 Å². The molecule has 2 aromatic rings. The van der Waals surface area contributed by atoms with Gasteiger partial charge in [-0.25, -0.2) is 0 Å². The van der Waals surface area contributed by atoms with Crippen molar-refractivity contribution in [3.8, 4) is 0 Å². The van der Waals surface area contributed by atoms with Crippen molar-refractivity contribution in [2.45, 2.75) is 6.92 Å². The van der Waals surface area contributed by atoms with Crippen molar-refractivity contribution in [2.24, 2.45) is 0 Å². The van der Waals surface area contributed by atoms with E-state index in [1.807, 2.05) is 19.2 Å². The molecule has 0 amide bonds. The van der Waals surface area contributed by atoms with E-state index < -0.39 is 0 Å². The minimum atomic E-state index is 1.11. The first-order valence-electron chi connectivity index (χ1n) is 3.28. The minimum absolute atomic E-state index is 1.11. The summed E-state index contributed by atoms with van der Waals surface area (Å²) >= 11 is 5.18. The van der Waals surface area contributed by atoms with E-state index in [0.717, 1.165) is 5.69 Å². The van der Waals surface area contributed by atoms with Gasteiger partial charge in [0.05, 0.1) is 14.2 Å². The van der Waals surface area contributed by atoms with Gasteiger partial charge in [0, 0.05) is 6.20 Å². The van der Waals surface area contributed by atoms with Gasteiger partial charge in [0.1, 0.15) is 0 Å². The fourth-order valence-corrected chi connectivity index (χ4v) is 2.63. The van der Waals surface area contributed by atoms with Crippen LogP contribution in [0.5, 0.6) is 0 Å². The van der Waals surface area contributed by atoms with Gasteiger partial charge in [-0.3, -0.25) is 4.98 Å². The van der Waals surface area contributed by atoms with Crippen LogP contribution in [-0.4, -0.2) is 4.98 Å². The molecule has 56 valence electrons. The largest absolute Gasteiger partial charge is 0.260 e. The van der Waals surface area contributed by atoms with E-state index in [0.29, 0.717) is 0 Å². The Hall–Kier alpha value is -0.410. The molecule has 0 saturated heterocycles. The van der Waals surface area contributed by atoms with E-state index in [2.05, 4.69) is 27.0 Å². The second kappa shape index (κ2) is 2.57. The number of halogens is 1. The summed E-state index contributed by atoms with van der Waals surface area (Å²) < 4.78 is 2.45. The van der Waals surface area contributed by atoms with Crippen LogP contribution in [0.1, 0.15) is 5.69 Å². The molecule has 0 radical (unpaired) electrons. The highest BCUT2D eigenvalue weighted by Crippen LogP contribution is 2.30. The molecule has 0 aliphatic rings. The Kier molecular flexibility index (Phi) is 1.69. The van der Waals surface area contributed by atoms with Crippen LogP contribution in [0.4, 0.5) is 0 Å². The Bertz CT molecular complexity index is 394. The molecule has 0 saturated carbocycles. The topological polar surface area (TPSA) is 12.9 Å². The quantitative estimate of drug-likeness (QED) is 0.673. The van der Waals surface area contributed by atoms with Crippen LogP contribution < -0.4 is 0 Å². The average Bonchev–Trinajstić information content (AvgIpc) is 2.31. The van der Waals surface area contributed by atoms with Gasteiger partial charge in [-0.1, -0.05) is 0 Å². The predicted molar refractivity (Wildman–Crippen MR) is 52.1 cm³/mol. The summed E-state index contributed by atoms with van der Waals surface area (Å²) in [4.78, 5) is 4.21. The van der Waals surface area contributed by atoms with Gasteiger partial charge in [0.15, 0.2) is 0 Å². The Morgan fingerprint density at radius 2 is 2.36 bits per heavy atom. The maximum Gasteiger partial charge on any atom is 0.0711 e. The summed E-state index contributed by atoms with van der Waals surface area (Å²) in [6, 6.07) is 4.15. The second-order valence-electron chi connectivity index (χ2n) is 2.37. The molecule has 0 atom stereocenters. The molecule has 0 fully saturated rings. The lowest BCUT2D eigenvalue weighted by molar-refractivity contribution is 1.24. The molecule has 0 bridgehead atoms. The highest BCUT2D eigenvalue weighted by atomic mass is 79.9. The molecular formula is C8H6BrNS. The van der Waals surface area contributed by atoms with E-state index in [4.69, 9.17) is 0 Å². The van der Waals surface area contributed by atoms with Crippen LogP contribution in [0, 0.1) is 6.92 Å². The van der Waals surface area contributed by atoms with Gasteiger partial charge in [-0.05, 0) is 40.4 Å². The van der Waals surface area contributed by atoms with Gasteiger partial charge < -0.3 is 0 Å². The monoisotopic (exact) mass is 227 g/mol. The van der Waals surface area contributed by atoms with Crippen molar-refractivity contribution in [3.63, 3.8) is 0 Å². The molecule has 0 aromatic carbocycles. The zero-order valence-electron chi connectivity index (χ0n) is 5.97. The Balaban J connectivity index is 2.90. The molecular weight excluding hydrogens is 222 g/mol. The predicted octanol–water partition coefficient (Wildman–Crippen LogP) is 3.37. The third kappa shape index (κ3) is 1.19. The van der Waals surface area contributed by atoms with Crippen molar-refractivity contribution >= 4 is 37.4 Å². The van der Waals surface area contributed by atoms with Crippen molar-refractivity contribution < 1.29 is 0 Å². The lowest BCUT2D eigenvalue weighted by Crippen LogP contribution is -1.76. The van der Waals surface area contributed by atoms with Crippen molar-refractivity contribution in [3.05, 3.63) is 27.8 Å². The van der Waals surface area contributed by atoms with Crippen LogP contribution in [0.15, 0.2) is 22.1 Å². The second-order valence-corrected chi connectivity index (χ2v) is 4.80. The normalized spacial score (nSPS) is 10.7. The van der Waals surface area contributed by atoms with E-state index in [1.54, 1.807) is 11.3 Å². The van der Waals surface area contributed by atoms with Crippen LogP contribution in [0.2, 0.25) is 0 Å². The summed E-state index contributed by atoms with van der Waals surface area (Å²) in [5.74, 6) is 0. The summed E-state index contributed by atoms with van der Waals surface area (Å²) in [5, 5.41) is 1.27. The zero-order valence-corrected chi connectivity index (χ0v) is 8.37. The molecule has 2 aromatic heterocycles. The summed E-state index contributed by atoms with van der Waals surface area (Å²) in [6.07, 6.45) is 1.84. The molecule has 2 rings (SSSR count). The third-order valence-corrected chi connectivity index (χ3v) is 3.34. The lowest BCUT2D eigenvalue weighted by Gasteiger charge is -1.90. The first kappa shape index (κ1) is 7.25. The van der Waals surface area contributed by atoms with Crippen LogP contribution >= 0.6 is 27.3 Å². The van der Waals surface area contributed by atoms with E-state index in [1.165, 1.54) is 13.9 Å². The Labute approximate surface area is 77.2 Å². The fraction of sp³-hybridized carbons (Fsp3) is 0.125. The minimum Gasteiger partial charge on any atom is -0.260 e. The highest BCUT2D eigenvalue weighted by molar-refractivity contribution is 9.11.